The quantitative estimate of drug-likeness (QED) is 0.390. The van der Waals surface area contributed by atoms with Gasteiger partial charge in [0.1, 0.15) is 0 Å². The zero-order valence-electron chi connectivity index (χ0n) is 8.00. The first kappa shape index (κ1) is 19.8. The van der Waals surface area contributed by atoms with Gasteiger partial charge in [0.25, 0.3) is 0 Å². The number of halogens is 2. The molecule has 0 amide bonds. The molecular formula is C10H14I2Ru. The third-order valence-electron chi connectivity index (χ3n) is 1.74. The normalized spacial score (nSPS) is 8.00. The van der Waals surface area contributed by atoms with Crippen LogP contribution in [0.3, 0.4) is 0 Å². The van der Waals surface area contributed by atoms with Crippen molar-refractivity contribution in [2.75, 3.05) is 0 Å². The van der Waals surface area contributed by atoms with Gasteiger partial charge < -0.3 is 0 Å². The van der Waals surface area contributed by atoms with Crippen molar-refractivity contribution in [2.24, 2.45) is 0 Å². The first-order chi connectivity index (χ1) is 4.70. The van der Waals surface area contributed by atoms with Crippen LogP contribution in [0.4, 0.5) is 0 Å². The van der Waals surface area contributed by atoms with E-state index < -0.39 is 0 Å². The fourth-order valence-corrected chi connectivity index (χ4v) is 0.951. The molecule has 0 nitrogen and oxygen atoms in total. The summed E-state index contributed by atoms with van der Waals surface area (Å²) in [4.78, 5) is 0. The van der Waals surface area contributed by atoms with Crippen LogP contribution in [0.25, 0.3) is 0 Å². The predicted octanol–water partition coefficient (Wildman–Crippen LogP) is 4.89. The predicted molar refractivity (Wildman–Crippen MR) is 73.3 cm³/mol. The van der Waals surface area contributed by atoms with Crippen LogP contribution in [0, 0.1) is 6.92 Å². The van der Waals surface area contributed by atoms with Gasteiger partial charge in [-0.25, -0.2) is 0 Å². The van der Waals surface area contributed by atoms with Crippen molar-refractivity contribution >= 4 is 48.0 Å². The fraction of sp³-hybridized carbons (Fsp3) is 0.400. The Bertz CT molecular complexity index is 207. The first-order valence-corrected chi connectivity index (χ1v) is 3.76. The van der Waals surface area contributed by atoms with Crippen molar-refractivity contribution in [2.45, 2.75) is 26.7 Å². The molecular weight excluding hydrogens is 475 g/mol. The zero-order valence-corrected chi connectivity index (χ0v) is 14.0. The van der Waals surface area contributed by atoms with Crippen LogP contribution >= 0.6 is 48.0 Å². The summed E-state index contributed by atoms with van der Waals surface area (Å²) in [6, 6.07) is 8.71. The maximum atomic E-state index is 2.21. The number of rotatable bonds is 1. The van der Waals surface area contributed by atoms with Crippen LogP contribution in [0.1, 0.15) is 30.9 Å². The van der Waals surface area contributed by atoms with E-state index in [0.29, 0.717) is 5.92 Å². The van der Waals surface area contributed by atoms with Crippen LogP contribution in [0.5, 0.6) is 0 Å². The van der Waals surface area contributed by atoms with Crippen molar-refractivity contribution < 1.29 is 19.5 Å². The molecule has 0 unspecified atom stereocenters. The fourth-order valence-electron chi connectivity index (χ4n) is 0.951. The molecule has 0 saturated carbocycles. The molecule has 1 rings (SSSR count). The second-order valence-corrected chi connectivity index (χ2v) is 3.07. The van der Waals surface area contributed by atoms with Gasteiger partial charge in [0.15, 0.2) is 0 Å². The summed E-state index contributed by atoms with van der Waals surface area (Å²) in [5.41, 5.74) is 2.76. The largest absolute Gasteiger partial charge is 0.0590 e. The van der Waals surface area contributed by atoms with Gasteiger partial charge in [0, 0.05) is 67.4 Å². The summed E-state index contributed by atoms with van der Waals surface area (Å²) in [6.07, 6.45) is 0. The zero-order chi connectivity index (χ0) is 7.56. The number of hydrogen-bond donors (Lipinski definition) is 0. The van der Waals surface area contributed by atoms with E-state index in [4.69, 9.17) is 0 Å². The van der Waals surface area contributed by atoms with Gasteiger partial charge >= 0.3 is 0 Å². The summed E-state index contributed by atoms with van der Waals surface area (Å²) in [5, 5.41) is 0. The number of hydrogen-bond acceptors (Lipinski definition) is 0. The molecule has 0 heterocycles. The van der Waals surface area contributed by atoms with E-state index >= 15 is 0 Å². The van der Waals surface area contributed by atoms with Crippen LogP contribution < -0.4 is 0 Å². The SMILES string of the molecule is Cc1ccc(C(C)C)cc1.[I].[I].[Ru]. The van der Waals surface area contributed by atoms with Crippen molar-refractivity contribution in [3.63, 3.8) is 0 Å². The molecule has 76 valence electrons. The van der Waals surface area contributed by atoms with E-state index in [1.165, 1.54) is 11.1 Å². The molecule has 0 spiro atoms. The molecule has 0 saturated heterocycles. The van der Waals surface area contributed by atoms with Gasteiger partial charge in [-0.15, -0.1) is 0 Å². The van der Waals surface area contributed by atoms with E-state index in [-0.39, 0.29) is 67.4 Å². The maximum absolute atomic E-state index is 2.21. The van der Waals surface area contributed by atoms with E-state index in [1.807, 2.05) is 0 Å². The van der Waals surface area contributed by atoms with Gasteiger partial charge in [-0.1, -0.05) is 43.7 Å². The van der Waals surface area contributed by atoms with Crippen LogP contribution in [0.2, 0.25) is 0 Å². The minimum atomic E-state index is 0. The third-order valence-corrected chi connectivity index (χ3v) is 1.74. The van der Waals surface area contributed by atoms with Gasteiger partial charge in [-0.2, -0.15) is 0 Å². The van der Waals surface area contributed by atoms with Crippen molar-refractivity contribution in [3.05, 3.63) is 35.4 Å². The number of benzene rings is 1. The molecule has 0 aromatic heterocycles. The Balaban J connectivity index is -0.000000333. The van der Waals surface area contributed by atoms with E-state index in [9.17, 15) is 0 Å². The van der Waals surface area contributed by atoms with Crippen LogP contribution in [-0.2, 0) is 19.5 Å². The first-order valence-electron chi connectivity index (χ1n) is 3.76. The molecule has 1 aromatic carbocycles. The second-order valence-electron chi connectivity index (χ2n) is 3.07. The van der Waals surface area contributed by atoms with Crippen molar-refractivity contribution in [1.82, 2.24) is 0 Å². The molecule has 0 aliphatic rings. The van der Waals surface area contributed by atoms with Gasteiger partial charge in [-0.3, -0.25) is 0 Å². The van der Waals surface area contributed by atoms with Crippen LogP contribution in [-0.4, -0.2) is 0 Å². The van der Waals surface area contributed by atoms with Gasteiger partial charge in [0.05, 0.1) is 0 Å². The average molecular weight is 489 g/mol. The van der Waals surface area contributed by atoms with E-state index in [2.05, 4.69) is 45.0 Å². The Morgan fingerprint density at radius 2 is 1.31 bits per heavy atom. The smallest absolute Gasteiger partial charge is 0 e. The summed E-state index contributed by atoms with van der Waals surface area (Å²) < 4.78 is 0. The maximum Gasteiger partial charge on any atom is 0 e. The molecule has 2 radical (unpaired) electrons. The monoisotopic (exact) mass is 490 g/mol. The molecule has 0 N–H and O–H groups in total. The van der Waals surface area contributed by atoms with Crippen LogP contribution in [0.15, 0.2) is 24.3 Å². The molecule has 1 aromatic rings. The molecule has 0 bridgehead atoms. The standard InChI is InChI=1S/C10H14.2I.Ru/c1-8(2)10-6-4-9(3)5-7-10;;;/h4-8H,1-3H3;;;. The Hall–Kier alpha value is 1.30. The minimum absolute atomic E-state index is 0. The molecule has 0 fully saturated rings. The minimum Gasteiger partial charge on any atom is -0.0590 e. The Morgan fingerprint density at radius 1 is 0.923 bits per heavy atom. The Morgan fingerprint density at radius 3 is 1.62 bits per heavy atom. The summed E-state index contributed by atoms with van der Waals surface area (Å²) in [6.45, 7) is 6.54. The topological polar surface area (TPSA) is 0 Å². The number of aryl methyl sites for hydroxylation is 1. The molecule has 13 heavy (non-hydrogen) atoms. The van der Waals surface area contributed by atoms with Gasteiger partial charge in [-0.05, 0) is 18.4 Å². The summed E-state index contributed by atoms with van der Waals surface area (Å²) in [7, 11) is 0. The molecule has 0 aliphatic carbocycles. The van der Waals surface area contributed by atoms with E-state index in [0.717, 1.165) is 0 Å². The Kier molecular flexibility index (Phi) is 15.0. The summed E-state index contributed by atoms with van der Waals surface area (Å²) >= 11 is 0. The summed E-state index contributed by atoms with van der Waals surface area (Å²) in [5.74, 6) is 0.653. The Labute approximate surface area is 128 Å². The van der Waals surface area contributed by atoms with Crippen molar-refractivity contribution in [1.29, 1.82) is 0 Å². The van der Waals surface area contributed by atoms with Crippen molar-refractivity contribution in [3.8, 4) is 0 Å². The van der Waals surface area contributed by atoms with E-state index in [1.54, 1.807) is 0 Å². The van der Waals surface area contributed by atoms with Gasteiger partial charge in [0.2, 0.25) is 0 Å². The molecule has 3 heteroatoms. The molecule has 0 aliphatic heterocycles. The second kappa shape index (κ2) is 9.84. The average Bonchev–Trinajstić information content (AvgIpc) is 1.88. The third kappa shape index (κ3) is 7.26. The molecule has 0 atom stereocenters.